The molecule has 26 heavy (non-hydrogen) atoms. The lowest BCUT2D eigenvalue weighted by atomic mass is 9.78. The number of carbonyl (C=O) groups is 1. The minimum atomic E-state index is 0.320. The lowest BCUT2D eigenvalue weighted by Gasteiger charge is -2.49. The van der Waals surface area contributed by atoms with Gasteiger partial charge in [0.2, 0.25) is 5.91 Å². The number of hydrogen-bond acceptors (Lipinski definition) is 4. The first-order chi connectivity index (χ1) is 12.5. The van der Waals surface area contributed by atoms with E-state index >= 15 is 0 Å². The van der Waals surface area contributed by atoms with Crippen LogP contribution in [0.15, 0.2) is 29.0 Å². The van der Waals surface area contributed by atoms with Crippen LogP contribution < -0.4 is 0 Å². The van der Waals surface area contributed by atoms with Crippen LogP contribution in [0.5, 0.6) is 0 Å². The quantitative estimate of drug-likeness (QED) is 0.710. The summed E-state index contributed by atoms with van der Waals surface area (Å²) in [5, 5.41) is 0. The molecule has 3 rings (SSSR count). The second-order valence-corrected chi connectivity index (χ2v) is 8.20. The maximum Gasteiger partial charge on any atom is 0.222 e. The molecule has 0 aromatic heterocycles. The van der Waals surface area contributed by atoms with E-state index in [1.807, 2.05) is 33.1 Å². The van der Waals surface area contributed by atoms with Crippen LogP contribution in [-0.4, -0.2) is 72.1 Å². The number of allylic oxidation sites excluding steroid dienone is 3. The van der Waals surface area contributed by atoms with Crippen LogP contribution in [0.1, 0.15) is 46.5 Å². The molecule has 0 N–H and O–H groups in total. The average Bonchev–Trinajstić information content (AvgIpc) is 3.10. The number of aliphatic imine (C=N–C) groups is 1. The lowest BCUT2D eigenvalue weighted by molar-refractivity contribution is -0.143. The topological polar surface area (TPSA) is 39.1 Å². The summed E-state index contributed by atoms with van der Waals surface area (Å²) >= 11 is 0. The minimum Gasteiger partial charge on any atom is -0.368 e. The molecule has 2 heterocycles. The third-order valence-electron chi connectivity index (χ3n) is 6.46. The number of piperazine rings is 1. The zero-order valence-electron chi connectivity index (χ0n) is 16.7. The number of amides is 1. The van der Waals surface area contributed by atoms with E-state index in [4.69, 9.17) is 0 Å². The Morgan fingerprint density at radius 1 is 1.23 bits per heavy atom. The molecule has 2 aliphatic heterocycles. The Labute approximate surface area is 158 Å². The predicted molar refractivity (Wildman–Crippen MR) is 107 cm³/mol. The maximum absolute atomic E-state index is 11.8. The Bertz CT molecular complexity index is 595. The molecule has 1 unspecified atom stereocenters. The van der Waals surface area contributed by atoms with Crippen molar-refractivity contribution < 1.29 is 4.79 Å². The van der Waals surface area contributed by atoms with Gasteiger partial charge in [-0.3, -0.25) is 14.7 Å². The molecule has 0 aromatic rings. The van der Waals surface area contributed by atoms with Gasteiger partial charge in [0.15, 0.2) is 0 Å². The van der Waals surface area contributed by atoms with E-state index in [0.29, 0.717) is 23.8 Å². The van der Waals surface area contributed by atoms with Crippen LogP contribution in [0.25, 0.3) is 0 Å². The molecule has 1 saturated carbocycles. The highest BCUT2D eigenvalue weighted by Gasteiger charge is 2.50. The van der Waals surface area contributed by atoms with Gasteiger partial charge in [-0.15, -0.1) is 0 Å². The standard InChI is InChI=1S/C21H34N4O/c1-5-17(3)22-14-18(4)23-9-11-24(12-10-23)19-7-8-21(13-19)15-25(16-21)20(26)6-2/h5,14,19H,4,6-13,15-16H2,1-3H3/b17-5-,22-14?. The van der Waals surface area contributed by atoms with E-state index in [1.54, 1.807) is 0 Å². The summed E-state index contributed by atoms with van der Waals surface area (Å²) in [6, 6.07) is 0.697. The van der Waals surface area contributed by atoms with Gasteiger partial charge in [0.05, 0.1) is 0 Å². The number of likely N-dealkylation sites (tertiary alicyclic amines) is 1. The van der Waals surface area contributed by atoms with Gasteiger partial charge in [-0.1, -0.05) is 19.6 Å². The highest BCUT2D eigenvalue weighted by Crippen LogP contribution is 2.47. The summed E-state index contributed by atoms with van der Waals surface area (Å²) in [6.45, 7) is 16.4. The fraction of sp³-hybridized carbons (Fsp3) is 0.714. The molecule has 1 atom stereocenters. The molecule has 1 aliphatic carbocycles. The Balaban J connectivity index is 1.44. The SMILES string of the molecule is C=C(C=N/C(C)=C\C)N1CCN(C2CCC3(C2)CN(C(=O)CC)C3)CC1. The third-order valence-corrected chi connectivity index (χ3v) is 6.46. The molecule has 5 nitrogen and oxygen atoms in total. The first-order valence-corrected chi connectivity index (χ1v) is 10.1. The summed E-state index contributed by atoms with van der Waals surface area (Å²) in [7, 11) is 0. The first-order valence-electron chi connectivity index (χ1n) is 10.1. The number of nitrogens with zero attached hydrogens (tertiary/aromatic N) is 4. The number of carbonyl (C=O) groups excluding carboxylic acids is 1. The van der Waals surface area contributed by atoms with Crippen molar-refractivity contribution in [1.82, 2.24) is 14.7 Å². The Morgan fingerprint density at radius 2 is 1.92 bits per heavy atom. The van der Waals surface area contributed by atoms with Crippen molar-refractivity contribution in [2.75, 3.05) is 39.3 Å². The fourth-order valence-corrected chi connectivity index (χ4v) is 4.65. The first kappa shape index (κ1) is 19.2. The Morgan fingerprint density at radius 3 is 2.54 bits per heavy atom. The third kappa shape index (κ3) is 4.03. The van der Waals surface area contributed by atoms with Crippen molar-refractivity contribution in [2.24, 2.45) is 10.4 Å². The highest BCUT2D eigenvalue weighted by atomic mass is 16.2. The smallest absolute Gasteiger partial charge is 0.222 e. The van der Waals surface area contributed by atoms with Gasteiger partial charge in [0, 0.05) is 74.8 Å². The van der Waals surface area contributed by atoms with Gasteiger partial charge in [-0.2, -0.15) is 0 Å². The normalized spacial score (nSPS) is 26.6. The molecular formula is C21H34N4O. The van der Waals surface area contributed by atoms with Crippen LogP contribution in [0, 0.1) is 5.41 Å². The van der Waals surface area contributed by atoms with Crippen LogP contribution in [-0.2, 0) is 4.79 Å². The Kier molecular flexibility index (Phi) is 5.86. The lowest BCUT2D eigenvalue weighted by Crippen LogP contribution is -2.58. The molecule has 0 aromatic carbocycles. The van der Waals surface area contributed by atoms with Gasteiger partial charge >= 0.3 is 0 Å². The van der Waals surface area contributed by atoms with Crippen molar-refractivity contribution in [1.29, 1.82) is 0 Å². The van der Waals surface area contributed by atoms with Gasteiger partial charge in [-0.25, -0.2) is 0 Å². The molecule has 2 saturated heterocycles. The van der Waals surface area contributed by atoms with Crippen LogP contribution in [0.4, 0.5) is 0 Å². The number of hydrogen-bond donors (Lipinski definition) is 0. The molecule has 0 bridgehead atoms. The summed E-state index contributed by atoms with van der Waals surface area (Å²) in [4.78, 5) is 23.3. The summed E-state index contributed by atoms with van der Waals surface area (Å²) in [5.41, 5.74) is 2.46. The van der Waals surface area contributed by atoms with Crippen LogP contribution >= 0.6 is 0 Å². The average molecular weight is 359 g/mol. The van der Waals surface area contributed by atoms with Crippen molar-refractivity contribution >= 4 is 12.1 Å². The molecule has 1 spiro atoms. The second kappa shape index (κ2) is 7.95. The van der Waals surface area contributed by atoms with Crippen LogP contribution in [0.3, 0.4) is 0 Å². The van der Waals surface area contributed by atoms with Crippen molar-refractivity contribution in [3.63, 3.8) is 0 Å². The maximum atomic E-state index is 11.8. The van der Waals surface area contributed by atoms with Gasteiger partial charge in [0.25, 0.3) is 0 Å². The zero-order valence-corrected chi connectivity index (χ0v) is 16.7. The summed E-state index contributed by atoms with van der Waals surface area (Å²) < 4.78 is 0. The molecular weight excluding hydrogens is 324 g/mol. The van der Waals surface area contributed by atoms with Gasteiger partial charge in [-0.05, 0) is 33.1 Å². The van der Waals surface area contributed by atoms with E-state index < -0.39 is 0 Å². The molecule has 0 radical (unpaired) electrons. The predicted octanol–water partition coefficient (Wildman–Crippen LogP) is 2.90. The minimum absolute atomic E-state index is 0.320. The van der Waals surface area contributed by atoms with E-state index in [2.05, 4.69) is 26.3 Å². The highest BCUT2D eigenvalue weighted by molar-refractivity contribution is 5.77. The van der Waals surface area contributed by atoms with Gasteiger partial charge in [0.1, 0.15) is 0 Å². The van der Waals surface area contributed by atoms with Crippen molar-refractivity contribution in [2.45, 2.75) is 52.5 Å². The van der Waals surface area contributed by atoms with E-state index in [9.17, 15) is 4.79 Å². The van der Waals surface area contributed by atoms with Crippen LogP contribution in [0.2, 0.25) is 0 Å². The van der Waals surface area contributed by atoms with E-state index in [-0.39, 0.29) is 0 Å². The van der Waals surface area contributed by atoms with Gasteiger partial charge < -0.3 is 9.80 Å². The monoisotopic (exact) mass is 358 g/mol. The number of rotatable bonds is 5. The second-order valence-electron chi connectivity index (χ2n) is 8.20. The molecule has 3 aliphatic rings. The Hall–Kier alpha value is -1.62. The zero-order chi connectivity index (χ0) is 18.7. The molecule has 3 fully saturated rings. The van der Waals surface area contributed by atoms with Crippen molar-refractivity contribution in [3.8, 4) is 0 Å². The fourth-order valence-electron chi connectivity index (χ4n) is 4.65. The summed E-state index contributed by atoms with van der Waals surface area (Å²) in [5.74, 6) is 0.320. The van der Waals surface area contributed by atoms with Crippen molar-refractivity contribution in [3.05, 3.63) is 24.0 Å². The van der Waals surface area contributed by atoms with E-state index in [1.165, 1.54) is 19.3 Å². The summed E-state index contributed by atoms with van der Waals surface area (Å²) in [6.07, 6.45) is 8.38. The molecule has 1 amide bonds. The molecule has 144 valence electrons. The van der Waals surface area contributed by atoms with E-state index in [0.717, 1.165) is 50.7 Å². The molecule has 5 heteroatoms. The largest absolute Gasteiger partial charge is 0.368 e.